The summed E-state index contributed by atoms with van der Waals surface area (Å²) in [6.07, 6.45) is 0. The number of aromatic hydroxyl groups is 2. The third-order valence-electron chi connectivity index (χ3n) is 3.07. The summed E-state index contributed by atoms with van der Waals surface area (Å²) in [4.78, 5) is 0. The van der Waals surface area contributed by atoms with E-state index < -0.39 is 0 Å². The maximum Gasteiger partial charge on any atom is 0.130 e. The Hall–Kier alpha value is -1.96. The van der Waals surface area contributed by atoms with Crippen molar-refractivity contribution in [3.8, 4) is 22.6 Å². The summed E-state index contributed by atoms with van der Waals surface area (Å²) in [7, 11) is 0. The van der Waals surface area contributed by atoms with Crippen LogP contribution in [-0.4, -0.2) is 10.2 Å². The number of phenols is 2. The zero-order valence-corrected chi connectivity index (χ0v) is 10.3. The number of aryl methyl sites for hydroxylation is 2. The smallest absolute Gasteiger partial charge is 0.130 e. The molecule has 2 heteroatoms. The molecule has 0 atom stereocenters. The van der Waals surface area contributed by atoms with E-state index in [0.717, 1.165) is 16.7 Å². The number of phenolic OH excluding ortho intramolecular Hbond substituents is 2. The molecule has 88 valence electrons. The van der Waals surface area contributed by atoms with Gasteiger partial charge in [-0.1, -0.05) is 23.8 Å². The van der Waals surface area contributed by atoms with Crippen LogP contribution < -0.4 is 0 Å². The van der Waals surface area contributed by atoms with Crippen molar-refractivity contribution in [3.63, 3.8) is 0 Å². The van der Waals surface area contributed by atoms with E-state index in [9.17, 15) is 10.2 Å². The fraction of sp³-hybridized carbons (Fsp3) is 0.200. The highest BCUT2D eigenvalue weighted by Gasteiger charge is 2.11. The fourth-order valence-corrected chi connectivity index (χ4v) is 2.02. The van der Waals surface area contributed by atoms with Gasteiger partial charge in [0, 0.05) is 11.1 Å². The van der Waals surface area contributed by atoms with Crippen LogP contribution in [0.15, 0.2) is 30.3 Å². The molecular weight excluding hydrogens is 212 g/mol. The van der Waals surface area contributed by atoms with E-state index >= 15 is 0 Å². The molecule has 0 aromatic heterocycles. The molecule has 0 saturated carbocycles. The first-order valence-electron chi connectivity index (χ1n) is 5.60. The van der Waals surface area contributed by atoms with E-state index in [1.165, 1.54) is 5.56 Å². The topological polar surface area (TPSA) is 40.5 Å². The van der Waals surface area contributed by atoms with Gasteiger partial charge in [0.05, 0.1) is 0 Å². The fourth-order valence-electron chi connectivity index (χ4n) is 2.02. The van der Waals surface area contributed by atoms with E-state index in [1.807, 2.05) is 26.0 Å². The number of benzene rings is 2. The number of rotatable bonds is 1. The molecule has 0 saturated heterocycles. The summed E-state index contributed by atoms with van der Waals surface area (Å²) < 4.78 is 0. The van der Waals surface area contributed by atoms with Gasteiger partial charge in [0.15, 0.2) is 0 Å². The third kappa shape index (κ3) is 1.98. The first-order valence-corrected chi connectivity index (χ1v) is 5.60. The lowest BCUT2D eigenvalue weighted by Crippen LogP contribution is -1.87. The van der Waals surface area contributed by atoms with Crippen molar-refractivity contribution in [2.45, 2.75) is 20.8 Å². The molecule has 0 amide bonds. The Morgan fingerprint density at radius 3 is 2.12 bits per heavy atom. The minimum Gasteiger partial charge on any atom is -0.508 e. The Morgan fingerprint density at radius 2 is 1.47 bits per heavy atom. The van der Waals surface area contributed by atoms with Crippen molar-refractivity contribution < 1.29 is 10.2 Å². The molecule has 0 heterocycles. The SMILES string of the molecule is Cc1ccc(-c2ccc(O)c(C)c2O)c(C)c1. The molecule has 0 aliphatic rings. The summed E-state index contributed by atoms with van der Waals surface area (Å²) in [5.41, 5.74) is 4.59. The summed E-state index contributed by atoms with van der Waals surface area (Å²) in [6, 6.07) is 9.45. The van der Waals surface area contributed by atoms with Gasteiger partial charge in [0.2, 0.25) is 0 Å². The molecule has 0 radical (unpaired) electrons. The highest BCUT2D eigenvalue weighted by Crippen LogP contribution is 2.37. The van der Waals surface area contributed by atoms with Gasteiger partial charge < -0.3 is 10.2 Å². The predicted octanol–water partition coefficient (Wildman–Crippen LogP) is 3.69. The minimum atomic E-state index is 0.121. The largest absolute Gasteiger partial charge is 0.508 e. The van der Waals surface area contributed by atoms with Crippen LogP contribution in [0.2, 0.25) is 0 Å². The normalized spacial score (nSPS) is 10.5. The predicted molar refractivity (Wildman–Crippen MR) is 69.4 cm³/mol. The lowest BCUT2D eigenvalue weighted by molar-refractivity contribution is 0.444. The maximum atomic E-state index is 10.1. The van der Waals surface area contributed by atoms with E-state index in [4.69, 9.17) is 0 Å². The van der Waals surface area contributed by atoms with Crippen LogP contribution in [0, 0.1) is 20.8 Å². The molecule has 17 heavy (non-hydrogen) atoms. The van der Waals surface area contributed by atoms with Crippen molar-refractivity contribution >= 4 is 0 Å². The average Bonchev–Trinajstić information content (AvgIpc) is 2.28. The average molecular weight is 228 g/mol. The zero-order chi connectivity index (χ0) is 12.6. The summed E-state index contributed by atoms with van der Waals surface area (Å²) in [5.74, 6) is 0.271. The quantitative estimate of drug-likeness (QED) is 0.781. The van der Waals surface area contributed by atoms with E-state index in [1.54, 1.807) is 19.1 Å². The number of hydrogen-bond acceptors (Lipinski definition) is 2. The molecule has 2 nitrogen and oxygen atoms in total. The number of hydrogen-bond donors (Lipinski definition) is 2. The molecule has 2 N–H and O–H groups in total. The summed E-state index contributed by atoms with van der Waals surface area (Å²) >= 11 is 0. The Bertz CT molecular complexity index is 571. The van der Waals surface area contributed by atoms with Crippen LogP contribution in [0.4, 0.5) is 0 Å². The molecule has 0 aliphatic carbocycles. The van der Waals surface area contributed by atoms with Crippen LogP contribution >= 0.6 is 0 Å². The maximum absolute atomic E-state index is 10.1. The van der Waals surface area contributed by atoms with E-state index in [-0.39, 0.29) is 11.5 Å². The summed E-state index contributed by atoms with van der Waals surface area (Å²) in [6.45, 7) is 5.76. The van der Waals surface area contributed by atoms with Crippen molar-refractivity contribution in [1.29, 1.82) is 0 Å². The highest BCUT2D eigenvalue weighted by molar-refractivity contribution is 5.75. The Balaban J connectivity index is 2.65. The van der Waals surface area contributed by atoms with Crippen molar-refractivity contribution in [1.82, 2.24) is 0 Å². The van der Waals surface area contributed by atoms with Crippen LogP contribution in [0.3, 0.4) is 0 Å². The monoisotopic (exact) mass is 228 g/mol. The van der Waals surface area contributed by atoms with Crippen LogP contribution in [0.5, 0.6) is 11.5 Å². The van der Waals surface area contributed by atoms with Gasteiger partial charge in [-0.05, 0) is 44.0 Å². The lowest BCUT2D eigenvalue weighted by Gasteiger charge is -2.11. The van der Waals surface area contributed by atoms with Gasteiger partial charge >= 0.3 is 0 Å². The van der Waals surface area contributed by atoms with E-state index in [0.29, 0.717) is 5.56 Å². The first kappa shape index (κ1) is 11.5. The van der Waals surface area contributed by atoms with Crippen molar-refractivity contribution in [2.75, 3.05) is 0 Å². The van der Waals surface area contributed by atoms with Gasteiger partial charge in [-0.2, -0.15) is 0 Å². The van der Waals surface area contributed by atoms with Gasteiger partial charge in [0.1, 0.15) is 11.5 Å². The molecule has 0 aliphatic heterocycles. The Morgan fingerprint density at radius 1 is 0.824 bits per heavy atom. The van der Waals surface area contributed by atoms with Gasteiger partial charge in [0.25, 0.3) is 0 Å². The standard InChI is InChI=1S/C15H16O2/c1-9-4-5-12(10(2)8-9)13-6-7-14(16)11(3)15(13)17/h4-8,16-17H,1-3H3. The molecule has 0 bridgehead atoms. The molecule has 0 fully saturated rings. The second-order valence-corrected chi connectivity index (χ2v) is 4.42. The lowest BCUT2D eigenvalue weighted by atomic mass is 9.96. The zero-order valence-electron chi connectivity index (χ0n) is 10.3. The van der Waals surface area contributed by atoms with Gasteiger partial charge in [-0.15, -0.1) is 0 Å². The van der Waals surface area contributed by atoms with Crippen LogP contribution in [-0.2, 0) is 0 Å². The molecule has 0 unspecified atom stereocenters. The van der Waals surface area contributed by atoms with E-state index in [2.05, 4.69) is 6.07 Å². The molecule has 2 aromatic rings. The minimum absolute atomic E-state index is 0.121. The summed E-state index contributed by atoms with van der Waals surface area (Å²) in [5, 5.41) is 19.6. The Labute approximate surface area is 101 Å². The van der Waals surface area contributed by atoms with Crippen molar-refractivity contribution in [2.24, 2.45) is 0 Å². The van der Waals surface area contributed by atoms with Crippen LogP contribution in [0.1, 0.15) is 16.7 Å². The van der Waals surface area contributed by atoms with Gasteiger partial charge in [-0.25, -0.2) is 0 Å². The third-order valence-corrected chi connectivity index (χ3v) is 3.07. The first-order chi connectivity index (χ1) is 8.00. The molecular formula is C15H16O2. The second kappa shape index (κ2) is 4.13. The molecule has 0 spiro atoms. The van der Waals surface area contributed by atoms with Gasteiger partial charge in [-0.3, -0.25) is 0 Å². The van der Waals surface area contributed by atoms with Crippen LogP contribution in [0.25, 0.3) is 11.1 Å². The van der Waals surface area contributed by atoms with Crippen molar-refractivity contribution in [3.05, 3.63) is 47.0 Å². The molecule has 2 rings (SSSR count). The second-order valence-electron chi connectivity index (χ2n) is 4.42. The highest BCUT2D eigenvalue weighted by atomic mass is 16.3. The molecule has 2 aromatic carbocycles. The Kier molecular flexibility index (Phi) is 2.80.